The third kappa shape index (κ3) is 2.47. The summed E-state index contributed by atoms with van der Waals surface area (Å²) in [6, 6.07) is 0. The fourth-order valence-electron chi connectivity index (χ4n) is 1.80. The number of rotatable bonds is 2. The lowest BCUT2D eigenvalue weighted by Crippen LogP contribution is -2.45. The predicted molar refractivity (Wildman–Crippen MR) is 56.1 cm³/mol. The zero-order chi connectivity index (χ0) is 10.7. The second kappa shape index (κ2) is 4.44. The number of hydrogen-bond donors (Lipinski definition) is 2. The van der Waals surface area contributed by atoms with E-state index in [1.54, 1.807) is 0 Å². The molecule has 1 rings (SSSR count). The average molecular weight is 197 g/mol. The van der Waals surface area contributed by atoms with Crippen molar-refractivity contribution in [1.29, 1.82) is 5.41 Å². The van der Waals surface area contributed by atoms with Crippen LogP contribution in [-0.4, -0.2) is 29.7 Å². The molecule has 1 aliphatic heterocycles. The highest BCUT2D eigenvalue weighted by Gasteiger charge is 2.26. The van der Waals surface area contributed by atoms with Gasteiger partial charge in [-0.25, -0.2) is 0 Å². The lowest BCUT2D eigenvalue weighted by Gasteiger charge is -2.33. The molecule has 80 valence electrons. The summed E-state index contributed by atoms with van der Waals surface area (Å²) in [6.45, 7) is 5.26. The van der Waals surface area contributed by atoms with E-state index < -0.39 is 0 Å². The third-order valence-corrected chi connectivity index (χ3v) is 2.67. The van der Waals surface area contributed by atoms with Crippen LogP contribution >= 0.6 is 0 Å². The molecule has 1 atom stereocenters. The van der Waals surface area contributed by atoms with E-state index in [9.17, 15) is 4.79 Å². The molecule has 1 aliphatic rings. The first-order valence-electron chi connectivity index (χ1n) is 5.15. The van der Waals surface area contributed by atoms with E-state index in [1.165, 1.54) is 0 Å². The average Bonchev–Trinajstić information content (AvgIpc) is 2.16. The van der Waals surface area contributed by atoms with Gasteiger partial charge in [0.1, 0.15) is 0 Å². The van der Waals surface area contributed by atoms with Crippen LogP contribution in [0.4, 0.5) is 0 Å². The Balaban J connectivity index is 2.56. The number of amidine groups is 1. The highest BCUT2D eigenvalue weighted by molar-refractivity contribution is 5.82. The Hall–Kier alpha value is -1.06. The van der Waals surface area contributed by atoms with Crippen LogP contribution in [0.15, 0.2) is 0 Å². The molecule has 14 heavy (non-hydrogen) atoms. The van der Waals surface area contributed by atoms with Crippen molar-refractivity contribution in [3.05, 3.63) is 0 Å². The van der Waals surface area contributed by atoms with Crippen LogP contribution in [0, 0.1) is 17.2 Å². The standard InChI is InChI=1S/C10H19N3O/c1-7(2)10(14)13-5-3-4-8(6-13)9(11)12/h7-8H,3-6H2,1-2H3,(H3,11,12)/t8-/m1/s1. The number of amides is 1. The van der Waals surface area contributed by atoms with Crippen molar-refractivity contribution in [3.8, 4) is 0 Å². The minimum Gasteiger partial charge on any atom is -0.387 e. The SMILES string of the molecule is CC(C)C(=O)N1CCC[C@@H](C(=N)N)C1. The first-order valence-corrected chi connectivity index (χ1v) is 5.15. The summed E-state index contributed by atoms with van der Waals surface area (Å²) in [5, 5.41) is 7.37. The van der Waals surface area contributed by atoms with Crippen molar-refractivity contribution in [2.24, 2.45) is 17.6 Å². The topological polar surface area (TPSA) is 70.2 Å². The van der Waals surface area contributed by atoms with Crippen molar-refractivity contribution in [1.82, 2.24) is 4.90 Å². The molecule has 1 amide bonds. The fraction of sp³-hybridized carbons (Fsp3) is 0.800. The largest absolute Gasteiger partial charge is 0.387 e. The van der Waals surface area contributed by atoms with E-state index in [4.69, 9.17) is 11.1 Å². The van der Waals surface area contributed by atoms with Crippen LogP contribution in [0.1, 0.15) is 26.7 Å². The molecule has 4 nitrogen and oxygen atoms in total. The summed E-state index contributed by atoms with van der Waals surface area (Å²) in [5.41, 5.74) is 5.45. The Labute approximate surface area is 85.0 Å². The summed E-state index contributed by atoms with van der Waals surface area (Å²) in [5.74, 6) is 0.509. The number of nitrogens with zero attached hydrogens (tertiary/aromatic N) is 1. The van der Waals surface area contributed by atoms with Gasteiger partial charge in [0, 0.05) is 24.9 Å². The molecule has 0 radical (unpaired) electrons. The number of nitrogens with one attached hydrogen (secondary N) is 1. The summed E-state index contributed by atoms with van der Waals surface area (Å²) < 4.78 is 0. The van der Waals surface area contributed by atoms with Crippen LogP contribution in [-0.2, 0) is 4.79 Å². The lowest BCUT2D eigenvalue weighted by molar-refractivity contribution is -0.135. The molecule has 0 aromatic heterocycles. The quantitative estimate of drug-likeness (QED) is 0.508. The Kier molecular flexibility index (Phi) is 3.49. The minimum absolute atomic E-state index is 0.0423. The van der Waals surface area contributed by atoms with E-state index in [-0.39, 0.29) is 23.6 Å². The molecule has 0 unspecified atom stereocenters. The van der Waals surface area contributed by atoms with E-state index in [2.05, 4.69) is 0 Å². The van der Waals surface area contributed by atoms with E-state index in [1.807, 2.05) is 18.7 Å². The Morgan fingerprint density at radius 1 is 1.57 bits per heavy atom. The summed E-state index contributed by atoms with van der Waals surface area (Å²) >= 11 is 0. The zero-order valence-corrected chi connectivity index (χ0v) is 8.92. The number of nitrogens with two attached hydrogens (primary N) is 1. The molecule has 0 spiro atoms. The number of piperidine rings is 1. The van der Waals surface area contributed by atoms with Gasteiger partial charge in [-0.15, -0.1) is 0 Å². The maximum Gasteiger partial charge on any atom is 0.225 e. The van der Waals surface area contributed by atoms with Gasteiger partial charge in [-0.05, 0) is 12.8 Å². The first-order chi connectivity index (χ1) is 6.52. The summed E-state index contributed by atoms with van der Waals surface area (Å²) in [6.07, 6.45) is 1.90. The summed E-state index contributed by atoms with van der Waals surface area (Å²) in [4.78, 5) is 13.5. The minimum atomic E-state index is 0.0423. The molecule has 0 aliphatic carbocycles. The number of likely N-dealkylation sites (tertiary alicyclic amines) is 1. The number of hydrogen-bond acceptors (Lipinski definition) is 2. The van der Waals surface area contributed by atoms with Gasteiger partial charge in [0.05, 0.1) is 5.84 Å². The highest BCUT2D eigenvalue weighted by Crippen LogP contribution is 2.17. The van der Waals surface area contributed by atoms with Crippen molar-refractivity contribution in [3.63, 3.8) is 0 Å². The van der Waals surface area contributed by atoms with Crippen molar-refractivity contribution in [2.45, 2.75) is 26.7 Å². The van der Waals surface area contributed by atoms with Gasteiger partial charge in [0.25, 0.3) is 0 Å². The van der Waals surface area contributed by atoms with Crippen LogP contribution in [0.5, 0.6) is 0 Å². The maximum absolute atomic E-state index is 11.7. The molecule has 0 aromatic carbocycles. The lowest BCUT2D eigenvalue weighted by atomic mass is 9.96. The number of carbonyl (C=O) groups is 1. The molecule has 3 N–H and O–H groups in total. The molecule has 1 saturated heterocycles. The van der Waals surface area contributed by atoms with E-state index in [0.717, 1.165) is 19.4 Å². The van der Waals surface area contributed by atoms with Crippen molar-refractivity contribution < 1.29 is 4.79 Å². The van der Waals surface area contributed by atoms with Crippen LogP contribution in [0.3, 0.4) is 0 Å². The molecule has 0 aromatic rings. The van der Waals surface area contributed by atoms with Gasteiger partial charge in [0.2, 0.25) is 5.91 Å². The van der Waals surface area contributed by atoms with Gasteiger partial charge >= 0.3 is 0 Å². The summed E-state index contributed by atoms with van der Waals surface area (Å²) in [7, 11) is 0. The Bertz CT molecular complexity index is 238. The second-order valence-electron chi connectivity index (χ2n) is 4.23. The van der Waals surface area contributed by atoms with Crippen molar-refractivity contribution >= 4 is 11.7 Å². The number of carbonyl (C=O) groups excluding carboxylic acids is 1. The molecule has 0 saturated carbocycles. The fourth-order valence-corrected chi connectivity index (χ4v) is 1.80. The normalized spacial score (nSPS) is 22.5. The van der Waals surface area contributed by atoms with Crippen LogP contribution < -0.4 is 5.73 Å². The Morgan fingerprint density at radius 3 is 2.71 bits per heavy atom. The van der Waals surface area contributed by atoms with Crippen LogP contribution in [0.2, 0.25) is 0 Å². The van der Waals surface area contributed by atoms with Gasteiger partial charge in [0.15, 0.2) is 0 Å². The predicted octanol–water partition coefficient (Wildman–Crippen LogP) is 0.817. The monoisotopic (exact) mass is 197 g/mol. The zero-order valence-electron chi connectivity index (χ0n) is 8.92. The molecule has 1 fully saturated rings. The molecule has 0 bridgehead atoms. The van der Waals surface area contributed by atoms with Gasteiger partial charge in [-0.3, -0.25) is 10.2 Å². The molecular weight excluding hydrogens is 178 g/mol. The van der Waals surface area contributed by atoms with Gasteiger partial charge in [-0.1, -0.05) is 13.8 Å². The van der Waals surface area contributed by atoms with E-state index >= 15 is 0 Å². The van der Waals surface area contributed by atoms with Gasteiger partial charge in [-0.2, -0.15) is 0 Å². The van der Waals surface area contributed by atoms with Gasteiger partial charge < -0.3 is 10.6 Å². The first kappa shape index (κ1) is 11.0. The maximum atomic E-state index is 11.7. The van der Waals surface area contributed by atoms with Crippen LogP contribution in [0.25, 0.3) is 0 Å². The smallest absolute Gasteiger partial charge is 0.225 e. The second-order valence-corrected chi connectivity index (χ2v) is 4.23. The molecule has 4 heteroatoms. The van der Waals surface area contributed by atoms with Crippen molar-refractivity contribution in [2.75, 3.05) is 13.1 Å². The molecular formula is C10H19N3O. The highest BCUT2D eigenvalue weighted by atomic mass is 16.2. The van der Waals surface area contributed by atoms with E-state index in [0.29, 0.717) is 6.54 Å². The Morgan fingerprint density at radius 2 is 2.21 bits per heavy atom. The third-order valence-electron chi connectivity index (χ3n) is 2.67. The molecule has 1 heterocycles.